The van der Waals surface area contributed by atoms with Crippen LogP contribution in [0.4, 0.5) is 5.69 Å². The van der Waals surface area contributed by atoms with Crippen molar-refractivity contribution in [2.75, 3.05) is 11.9 Å². The van der Waals surface area contributed by atoms with Crippen LogP contribution in [0.5, 0.6) is 0 Å². The van der Waals surface area contributed by atoms with E-state index in [1.54, 1.807) is 12.3 Å². The third-order valence-electron chi connectivity index (χ3n) is 3.24. The summed E-state index contributed by atoms with van der Waals surface area (Å²) in [7, 11) is 0. The van der Waals surface area contributed by atoms with Gasteiger partial charge >= 0.3 is 0 Å². The van der Waals surface area contributed by atoms with E-state index in [-0.39, 0.29) is 5.54 Å². The summed E-state index contributed by atoms with van der Waals surface area (Å²) in [5.74, 6) is 0. The predicted octanol–water partition coefficient (Wildman–Crippen LogP) is 1.64. The standard InChI is InChI=1S/C12H16N4/c13-8-11-7-10(3-6-15-11)16-12(9-14)4-1-2-5-12/h3,6-7H,1-2,4-5,9,14H2,(H,15,16). The van der Waals surface area contributed by atoms with Gasteiger partial charge in [-0.3, -0.25) is 0 Å². The predicted molar refractivity (Wildman–Crippen MR) is 62.8 cm³/mol. The van der Waals surface area contributed by atoms with Gasteiger partial charge in [0.2, 0.25) is 0 Å². The molecule has 2 rings (SSSR count). The second kappa shape index (κ2) is 4.50. The van der Waals surface area contributed by atoms with E-state index in [9.17, 15) is 0 Å². The zero-order valence-corrected chi connectivity index (χ0v) is 9.24. The minimum atomic E-state index is 0.0219. The van der Waals surface area contributed by atoms with Crippen LogP contribution >= 0.6 is 0 Å². The molecule has 0 unspecified atom stereocenters. The van der Waals surface area contributed by atoms with Crippen LogP contribution < -0.4 is 11.1 Å². The van der Waals surface area contributed by atoms with Crippen molar-refractivity contribution in [1.82, 2.24) is 4.98 Å². The number of nitrogens with one attached hydrogen (secondary N) is 1. The lowest BCUT2D eigenvalue weighted by Gasteiger charge is -2.29. The number of anilines is 1. The molecule has 0 atom stereocenters. The fourth-order valence-electron chi connectivity index (χ4n) is 2.31. The van der Waals surface area contributed by atoms with Gasteiger partial charge in [0, 0.05) is 24.0 Å². The zero-order chi connectivity index (χ0) is 11.4. The highest BCUT2D eigenvalue weighted by molar-refractivity contribution is 5.48. The number of rotatable bonds is 3. The summed E-state index contributed by atoms with van der Waals surface area (Å²) in [5, 5.41) is 12.2. The lowest BCUT2D eigenvalue weighted by Crippen LogP contribution is -2.42. The van der Waals surface area contributed by atoms with Crippen LogP contribution in [0.15, 0.2) is 18.3 Å². The van der Waals surface area contributed by atoms with Gasteiger partial charge < -0.3 is 11.1 Å². The van der Waals surface area contributed by atoms with Gasteiger partial charge in [-0.25, -0.2) is 4.98 Å². The molecule has 84 valence electrons. The van der Waals surface area contributed by atoms with E-state index in [4.69, 9.17) is 11.0 Å². The first kappa shape index (κ1) is 10.9. The topological polar surface area (TPSA) is 74.7 Å². The summed E-state index contributed by atoms with van der Waals surface area (Å²) >= 11 is 0. The fourth-order valence-corrected chi connectivity index (χ4v) is 2.31. The normalized spacial score (nSPS) is 18.0. The molecule has 4 nitrogen and oxygen atoms in total. The first-order valence-electron chi connectivity index (χ1n) is 5.62. The Morgan fingerprint density at radius 1 is 1.50 bits per heavy atom. The number of hydrogen-bond donors (Lipinski definition) is 2. The zero-order valence-electron chi connectivity index (χ0n) is 9.24. The molecule has 0 aromatic carbocycles. The number of nitrogens with zero attached hydrogens (tertiary/aromatic N) is 2. The number of aromatic nitrogens is 1. The number of nitriles is 1. The van der Waals surface area contributed by atoms with E-state index in [1.165, 1.54) is 12.8 Å². The summed E-state index contributed by atoms with van der Waals surface area (Å²) in [6.07, 6.45) is 6.31. The van der Waals surface area contributed by atoms with Crippen molar-refractivity contribution in [3.05, 3.63) is 24.0 Å². The van der Waals surface area contributed by atoms with Crippen LogP contribution in [0.3, 0.4) is 0 Å². The third kappa shape index (κ3) is 2.15. The van der Waals surface area contributed by atoms with Crippen LogP contribution in [0.1, 0.15) is 31.4 Å². The van der Waals surface area contributed by atoms with Gasteiger partial charge in [0.05, 0.1) is 0 Å². The molecule has 0 spiro atoms. The Bertz CT molecular complexity index is 402. The molecular formula is C12H16N4. The lowest BCUT2D eigenvalue weighted by atomic mass is 9.97. The van der Waals surface area contributed by atoms with Gasteiger partial charge in [-0.2, -0.15) is 5.26 Å². The van der Waals surface area contributed by atoms with Gasteiger partial charge in [0.1, 0.15) is 11.8 Å². The summed E-state index contributed by atoms with van der Waals surface area (Å²) in [6.45, 7) is 0.636. The van der Waals surface area contributed by atoms with Gasteiger partial charge in [-0.05, 0) is 25.0 Å². The average molecular weight is 216 g/mol. The van der Waals surface area contributed by atoms with Crippen molar-refractivity contribution in [2.24, 2.45) is 5.73 Å². The van der Waals surface area contributed by atoms with Gasteiger partial charge in [-0.1, -0.05) is 12.8 Å². The van der Waals surface area contributed by atoms with Gasteiger partial charge in [-0.15, -0.1) is 0 Å². The maximum Gasteiger partial charge on any atom is 0.142 e. The average Bonchev–Trinajstić information content (AvgIpc) is 2.78. The Balaban J connectivity index is 2.16. The van der Waals surface area contributed by atoms with Crippen molar-refractivity contribution in [3.63, 3.8) is 0 Å². The monoisotopic (exact) mass is 216 g/mol. The van der Waals surface area contributed by atoms with Crippen molar-refractivity contribution in [2.45, 2.75) is 31.2 Å². The molecule has 1 aromatic rings. The largest absolute Gasteiger partial charge is 0.378 e. The third-order valence-corrected chi connectivity index (χ3v) is 3.24. The van der Waals surface area contributed by atoms with Gasteiger partial charge in [0.25, 0.3) is 0 Å². The molecule has 3 N–H and O–H groups in total. The molecule has 4 heteroatoms. The van der Waals surface area contributed by atoms with Crippen LogP contribution in [0, 0.1) is 11.3 Å². The minimum Gasteiger partial charge on any atom is -0.378 e. The SMILES string of the molecule is N#Cc1cc(NC2(CN)CCCC2)ccn1. The highest BCUT2D eigenvalue weighted by atomic mass is 15.0. The Labute approximate surface area is 95.5 Å². The highest BCUT2D eigenvalue weighted by Gasteiger charge is 2.32. The smallest absolute Gasteiger partial charge is 0.142 e. The molecular weight excluding hydrogens is 200 g/mol. The lowest BCUT2D eigenvalue weighted by molar-refractivity contribution is 0.493. The molecule has 1 aliphatic rings. The van der Waals surface area contributed by atoms with Crippen LogP contribution in [-0.4, -0.2) is 17.1 Å². The molecule has 1 aromatic heterocycles. The van der Waals surface area contributed by atoms with Crippen LogP contribution in [-0.2, 0) is 0 Å². The molecule has 0 radical (unpaired) electrons. The van der Waals surface area contributed by atoms with Gasteiger partial charge in [0.15, 0.2) is 0 Å². The van der Waals surface area contributed by atoms with Crippen molar-refractivity contribution in [1.29, 1.82) is 5.26 Å². The van der Waals surface area contributed by atoms with E-state index in [1.807, 2.05) is 12.1 Å². The Morgan fingerprint density at radius 3 is 2.88 bits per heavy atom. The van der Waals surface area contributed by atoms with E-state index in [0.29, 0.717) is 12.2 Å². The maximum atomic E-state index is 8.78. The quantitative estimate of drug-likeness (QED) is 0.805. The van der Waals surface area contributed by atoms with E-state index in [0.717, 1.165) is 18.5 Å². The Kier molecular flexibility index (Phi) is 3.07. The molecule has 1 aliphatic carbocycles. The van der Waals surface area contributed by atoms with Crippen LogP contribution in [0.2, 0.25) is 0 Å². The summed E-state index contributed by atoms with van der Waals surface area (Å²) < 4.78 is 0. The number of pyridine rings is 1. The molecule has 0 saturated heterocycles. The van der Waals surface area contributed by atoms with Crippen molar-refractivity contribution in [3.8, 4) is 6.07 Å². The van der Waals surface area contributed by atoms with Crippen LogP contribution in [0.25, 0.3) is 0 Å². The fraction of sp³-hybridized carbons (Fsp3) is 0.500. The first-order valence-corrected chi connectivity index (χ1v) is 5.62. The maximum absolute atomic E-state index is 8.78. The second-order valence-electron chi connectivity index (χ2n) is 4.36. The molecule has 0 aliphatic heterocycles. The summed E-state index contributed by atoms with van der Waals surface area (Å²) in [5.41, 5.74) is 7.25. The molecule has 0 bridgehead atoms. The van der Waals surface area contributed by atoms with E-state index in [2.05, 4.69) is 10.3 Å². The Morgan fingerprint density at radius 2 is 2.25 bits per heavy atom. The van der Waals surface area contributed by atoms with E-state index >= 15 is 0 Å². The second-order valence-corrected chi connectivity index (χ2v) is 4.36. The van der Waals surface area contributed by atoms with Crippen molar-refractivity contribution < 1.29 is 0 Å². The highest BCUT2D eigenvalue weighted by Crippen LogP contribution is 2.32. The molecule has 1 fully saturated rings. The molecule has 1 heterocycles. The molecule has 16 heavy (non-hydrogen) atoms. The summed E-state index contributed by atoms with van der Waals surface area (Å²) in [4.78, 5) is 3.95. The number of nitrogens with two attached hydrogens (primary N) is 1. The molecule has 0 amide bonds. The first-order chi connectivity index (χ1) is 7.78. The van der Waals surface area contributed by atoms with Crippen molar-refractivity contribution >= 4 is 5.69 Å². The van der Waals surface area contributed by atoms with E-state index < -0.39 is 0 Å². The molecule has 1 saturated carbocycles. The Hall–Kier alpha value is -1.60. The minimum absolute atomic E-state index is 0.0219. The summed E-state index contributed by atoms with van der Waals surface area (Å²) in [6, 6.07) is 5.70. The number of hydrogen-bond acceptors (Lipinski definition) is 4.